The van der Waals surface area contributed by atoms with Gasteiger partial charge < -0.3 is 0 Å². The Kier molecular flexibility index (Phi) is 4.20. The van der Waals surface area contributed by atoms with Gasteiger partial charge in [-0.1, -0.05) is 41.6 Å². The van der Waals surface area contributed by atoms with Gasteiger partial charge in [0.1, 0.15) is 5.82 Å². The summed E-state index contributed by atoms with van der Waals surface area (Å²) >= 11 is 1.53. The van der Waals surface area contributed by atoms with Crippen LogP contribution in [-0.2, 0) is 5.75 Å². The van der Waals surface area contributed by atoms with Crippen molar-refractivity contribution in [1.29, 1.82) is 0 Å². The molecule has 0 saturated heterocycles. The Hall–Kier alpha value is -2.21. The van der Waals surface area contributed by atoms with E-state index in [1.54, 1.807) is 16.8 Å². The van der Waals surface area contributed by atoms with Gasteiger partial charge in [-0.05, 0) is 53.6 Å². The molecule has 112 valence electrons. The number of aromatic nitrogens is 4. The highest BCUT2D eigenvalue weighted by atomic mass is 32.2. The molecule has 1 aromatic heterocycles. The molecule has 0 radical (unpaired) electrons. The Morgan fingerprint density at radius 2 is 2.00 bits per heavy atom. The Bertz CT molecular complexity index is 800. The number of halogens is 1. The van der Waals surface area contributed by atoms with E-state index in [2.05, 4.69) is 47.6 Å². The quantitative estimate of drug-likeness (QED) is 0.689. The molecule has 3 rings (SSSR count). The minimum Gasteiger partial charge on any atom is -0.207 e. The molecular formula is C16H15FN4S. The average Bonchev–Trinajstić information content (AvgIpc) is 2.97. The van der Waals surface area contributed by atoms with Crippen molar-refractivity contribution in [3.05, 3.63) is 65.0 Å². The summed E-state index contributed by atoms with van der Waals surface area (Å²) in [6, 6.07) is 12.6. The van der Waals surface area contributed by atoms with Gasteiger partial charge >= 0.3 is 0 Å². The molecular weight excluding hydrogens is 299 g/mol. The van der Waals surface area contributed by atoms with Crippen molar-refractivity contribution in [3.8, 4) is 5.69 Å². The molecule has 1 heterocycles. The smallest absolute Gasteiger partial charge is 0.207 e. The van der Waals surface area contributed by atoms with Crippen LogP contribution in [0.15, 0.2) is 47.6 Å². The minimum absolute atomic E-state index is 0.307. The van der Waals surface area contributed by atoms with E-state index in [0.717, 1.165) is 5.75 Å². The molecule has 0 aliphatic heterocycles. The first-order valence-corrected chi connectivity index (χ1v) is 7.85. The van der Waals surface area contributed by atoms with Crippen LogP contribution in [0, 0.1) is 19.7 Å². The summed E-state index contributed by atoms with van der Waals surface area (Å²) in [5.74, 6) is 0.460. The van der Waals surface area contributed by atoms with Crippen LogP contribution in [0.1, 0.15) is 16.7 Å². The number of benzene rings is 2. The Morgan fingerprint density at radius 1 is 1.14 bits per heavy atom. The van der Waals surface area contributed by atoms with Crippen molar-refractivity contribution in [1.82, 2.24) is 20.2 Å². The third kappa shape index (κ3) is 3.17. The molecule has 0 aliphatic carbocycles. The second kappa shape index (κ2) is 6.27. The molecule has 0 saturated carbocycles. The molecule has 0 atom stereocenters. The van der Waals surface area contributed by atoms with Crippen LogP contribution in [0.4, 0.5) is 4.39 Å². The van der Waals surface area contributed by atoms with E-state index in [1.165, 1.54) is 40.6 Å². The number of thioether (sulfide) groups is 1. The summed E-state index contributed by atoms with van der Waals surface area (Å²) in [7, 11) is 0. The first-order valence-electron chi connectivity index (χ1n) is 6.87. The number of tetrazole rings is 1. The molecule has 3 aromatic rings. The van der Waals surface area contributed by atoms with Crippen molar-refractivity contribution in [2.45, 2.75) is 24.8 Å². The highest BCUT2D eigenvalue weighted by molar-refractivity contribution is 7.98. The van der Waals surface area contributed by atoms with E-state index in [-0.39, 0.29) is 5.82 Å². The lowest BCUT2D eigenvalue weighted by Gasteiger charge is -2.07. The summed E-state index contributed by atoms with van der Waals surface area (Å²) < 4.78 is 14.9. The fraction of sp³-hybridized carbons (Fsp3) is 0.188. The van der Waals surface area contributed by atoms with Crippen molar-refractivity contribution in [2.24, 2.45) is 0 Å². The average molecular weight is 314 g/mol. The Labute approximate surface area is 132 Å². The topological polar surface area (TPSA) is 43.6 Å². The van der Waals surface area contributed by atoms with Crippen LogP contribution in [-0.4, -0.2) is 20.2 Å². The van der Waals surface area contributed by atoms with Gasteiger partial charge in [0.2, 0.25) is 5.16 Å². The number of rotatable bonds is 4. The first kappa shape index (κ1) is 14.7. The van der Waals surface area contributed by atoms with E-state index >= 15 is 0 Å². The second-order valence-electron chi connectivity index (χ2n) is 5.07. The van der Waals surface area contributed by atoms with Gasteiger partial charge in [-0.2, -0.15) is 4.68 Å². The predicted octanol–water partition coefficient (Wildman–Crippen LogP) is 3.71. The van der Waals surface area contributed by atoms with Crippen LogP contribution in [0.5, 0.6) is 0 Å². The fourth-order valence-electron chi connectivity index (χ4n) is 2.14. The van der Waals surface area contributed by atoms with Gasteiger partial charge in [0.05, 0.1) is 5.69 Å². The minimum atomic E-state index is -0.307. The first-order chi connectivity index (χ1) is 10.6. The van der Waals surface area contributed by atoms with Crippen LogP contribution in [0.2, 0.25) is 0 Å². The van der Waals surface area contributed by atoms with Crippen molar-refractivity contribution < 1.29 is 4.39 Å². The van der Waals surface area contributed by atoms with Crippen LogP contribution < -0.4 is 0 Å². The maximum Gasteiger partial charge on any atom is 0.214 e. The third-order valence-corrected chi connectivity index (χ3v) is 4.32. The standard InChI is InChI=1S/C16H15FN4S/c1-11-6-7-12(2)13(8-11)10-22-16-18-19-20-21(16)15-5-3-4-14(17)9-15/h3-9H,10H2,1-2H3. The van der Waals surface area contributed by atoms with Gasteiger partial charge in [-0.25, -0.2) is 4.39 Å². The number of aryl methyl sites for hydroxylation is 2. The van der Waals surface area contributed by atoms with E-state index in [0.29, 0.717) is 10.8 Å². The third-order valence-electron chi connectivity index (χ3n) is 3.36. The van der Waals surface area contributed by atoms with E-state index in [4.69, 9.17) is 0 Å². The SMILES string of the molecule is Cc1ccc(C)c(CSc2nnnn2-c2cccc(F)c2)c1. The molecule has 22 heavy (non-hydrogen) atoms. The summed E-state index contributed by atoms with van der Waals surface area (Å²) in [5.41, 5.74) is 4.33. The van der Waals surface area contributed by atoms with Gasteiger partial charge in [-0.15, -0.1) is 5.10 Å². The molecule has 0 aliphatic rings. The molecule has 0 spiro atoms. The molecule has 6 heteroatoms. The van der Waals surface area contributed by atoms with E-state index in [9.17, 15) is 4.39 Å². The van der Waals surface area contributed by atoms with Gasteiger partial charge in [0, 0.05) is 5.75 Å². The van der Waals surface area contributed by atoms with Crippen LogP contribution >= 0.6 is 11.8 Å². The summed E-state index contributed by atoms with van der Waals surface area (Å²) in [4.78, 5) is 0. The zero-order valence-corrected chi connectivity index (χ0v) is 13.1. The van der Waals surface area contributed by atoms with Crippen molar-refractivity contribution in [2.75, 3.05) is 0 Å². The molecule has 0 unspecified atom stereocenters. The second-order valence-corrected chi connectivity index (χ2v) is 6.01. The normalized spacial score (nSPS) is 10.9. The molecule has 2 aromatic carbocycles. The Balaban J connectivity index is 1.82. The predicted molar refractivity (Wildman–Crippen MR) is 84.6 cm³/mol. The highest BCUT2D eigenvalue weighted by Gasteiger charge is 2.10. The summed E-state index contributed by atoms with van der Waals surface area (Å²) in [5, 5.41) is 12.3. The molecule has 0 amide bonds. The maximum atomic E-state index is 13.4. The molecule has 0 N–H and O–H groups in total. The lowest BCUT2D eigenvalue weighted by atomic mass is 10.1. The lowest BCUT2D eigenvalue weighted by molar-refractivity contribution is 0.623. The Morgan fingerprint density at radius 3 is 2.82 bits per heavy atom. The fourth-order valence-corrected chi connectivity index (χ4v) is 3.09. The number of nitrogens with zero attached hydrogens (tertiary/aromatic N) is 4. The zero-order valence-electron chi connectivity index (χ0n) is 12.3. The molecule has 0 bridgehead atoms. The number of hydrogen-bond acceptors (Lipinski definition) is 4. The van der Waals surface area contributed by atoms with Gasteiger partial charge in [0.25, 0.3) is 0 Å². The maximum absolute atomic E-state index is 13.4. The summed E-state index contributed by atoms with van der Waals surface area (Å²) in [6.07, 6.45) is 0. The van der Waals surface area contributed by atoms with Crippen molar-refractivity contribution in [3.63, 3.8) is 0 Å². The monoisotopic (exact) mass is 314 g/mol. The zero-order chi connectivity index (χ0) is 15.5. The van der Waals surface area contributed by atoms with Gasteiger partial charge in [0.15, 0.2) is 0 Å². The molecule has 4 nitrogen and oxygen atoms in total. The largest absolute Gasteiger partial charge is 0.214 e. The van der Waals surface area contributed by atoms with Crippen LogP contribution in [0.25, 0.3) is 5.69 Å². The van der Waals surface area contributed by atoms with E-state index < -0.39 is 0 Å². The van der Waals surface area contributed by atoms with Crippen molar-refractivity contribution >= 4 is 11.8 Å². The van der Waals surface area contributed by atoms with E-state index in [1.807, 2.05) is 0 Å². The van der Waals surface area contributed by atoms with Crippen LogP contribution in [0.3, 0.4) is 0 Å². The summed E-state index contributed by atoms with van der Waals surface area (Å²) in [6.45, 7) is 4.16. The molecule has 0 fully saturated rings. The highest BCUT2D eigenvalue weighted by Crippen LogP contribution is 2.24. The number of hydrogen-bond donors (Lipinski definition) is 0. The lowest BCUT2D eigenvalue weighted by Crippen LogP contribution is -2.00. The van der Waals surface area contributed by atoms with Gasteiger partial charge in [-0.3, -0.25) is 0 Å².